The lowest BCUT2D eigenvalue weighted by Crippen LogP contribution is -1.89. The van der Waals surface area contributed by atoms with Crippen LogP contribution in [-0.4, -0.2) is 5.16 Å². The minimum Gasteiger partial charge on any atom is -0.367 e. The number of aromatic nitrogens is 1. The minimum atomic E-state index is 0.323. The predicted octanol–water partition coefficient (Wildman–Crippen LogP) is 5.42. The summed E-state index contributed by atoms with van der Waals surface area (Å²) in [5.74, 6) is 0.323. The van der Waals surface area contributed by atoms with Gasteiger partial charge in [-0.3, -0.25) is 0 Å². The number of aryl methyl sites for hydroxylation is 1. The van der Waals surface area contributed by atoms with E-state index in [2.05, 4.69) is 37.0 Å². The van der Waals surface area contributed by atoms with Crippen LogP contribution >= 0.6 is 31.9 Å². The number of hydrogen-bond donors (Lipinski definition) is 1. The van der Waals surface area contributed by atoms with Gasteiger partial charge in [0.05, 0.1) is 5.56 Å². The van der Waals surface area contributed by atoms with Crippen molar-refractivity contribution in [3.63, 3.8) is 0 Å². The summed E-state index contributed by atoms with van der Waals surface area (Å²) in [6, 6.07) is 14.0. The first-order chi connectivity index (χ1) is 10.1. The predicted molar refractivity (Wildman–Crippen MR) is 91.9 cm³/mol. The summed E-state index contributed by atoms with van der Waals surface area (Å²) in [6.07, 6.45) is 0. The van der Waals surface area contributed by atoms with E-state index in [1.54, 1.807) is 0 Å². The number of anilines is 1. The fraction of sp³-hybridized carbons (Fsp3) is 0.0625. The molecule has 1 heterocycles. The van der Waals surface area contributed by atoms with Crippen molar-refractivity contribution < 1.29 is 4.52 Å². The molecule has 3 nitrogen and oxygen atoms in total. The first kappa shape index (κ1) is 14.4. The van der Waals surface area contributed by atoms with Crippen LogP contribution in [0.5, 0.6) is 0 Å². The van der Waals surface area contributed by atoms with Gasteiger partial charge in [0, 0.05) is 14.5 Å². The molecule has 21 heavy (non-hydrogen) atoms. The molecule has 0 unspecified atom stereocenters. The Labute approximate surface area is 139 Å². The Kier molecular flexibility index (Phi) is 3.87. The van der Waals surface area contributed by atoms with Gasteiger partial charge in [0.15, 0.2) is 0 Å². The molecule has 0 saturated carbocycles. The van der Waals surface area contributed by atoms with Crippen LogP contribution in [-0.2, 0) is 0 Å². The van der Waals surface area contributed by atoms with E-state index in [0.717, 1.165) is 31.3 Å². The van der Waals surface area contributed by atoms with Gasteiger partial charge in [0.25, 0.3) is 0 Å². The lowest BCUT2D eigenvalue weighted by atomic mass is 10.0. The van der Waals surface area contributed by atoms with Gasteiger partial charge in [-0.1, -0.05) is 72.9 Å². The third-order valence-corrected chi connectivity index (χ3v) is 4.39. The SMILES string of the molecule is Cc1ccc(-c2c(-c3ccc(Br)cc3Br)noc2N)cc1. The van der Waals surface area contributed by atoms with Gasteiger partial charge in [-0.15, -0.1) is 0 Å². The molecule has 0 aliphatic carbocycles. The third-order valence-electron chi connectivity index (χ3n) is 3.24. The maximum absolute atomic E-state index is 5.98. The van der Waals surface area contributed by atoms with Crippen molar-refractivity contribution in [1.82, 2.24) is 5.16 Å². The Morgan fingerprint density at radius 3 is 2.43 bits per heavy atom. The molecule has 2 aromatic carbocycles. The summed E-state index contributed by atoms with van der Waals surface area (Å²) >= 11 is 7.01. The maximum atomic E-state index is 5.98. The van der Waals surface area contributed by atoms with Crippen molar-refractivity contribution >= 4 is 37.7 Å². The fourth-order valence-electron chi connectivity index (χ4n) is 2.17. The van der Waals surface area contributed by atoms with Gasteiger partial charge < -0.3 is 10.3 Å². The first-order valence-electron chi connectivity index (χ1n) is 6.34. The number of halogens is 2. The molecule has 5 heteroatoms. The maximum Gasteiger partial charge on any atom is 0.230 e. The molecule has 3 aromatic rings. The summed E-state index contributed by atoms with van der Waals surface area (Å²) in [4.78, 5) is 0. The van der Waals surface area contributed by atoms with Gasteiger partial charge in [-0.2, -0.15) is 0 Å². The van der Waals surface area contributed by atoms with Gasteiger partial charge in [-0.25, -0.2) is 0 Å². The van der Waals surface area contributed by atoms with Crippen LogP contribution < -0.4 is 5.73 Å². The zero-order chi connectivity index (χ0) is 15.0. The molecule has 0 bridgehead atoms. The number of rotatable bonds is 2. The monoisotopic (exact) mass is 406 g/mol. The van der Waals surface area contributed by atoms with Crippen molar-refractivity contribution in [2.75, 3.05) is 5.73 Å². The van der Waals surface area contributed by atoms with E-state index in [9.17, 15) is 0 Å². The number of nitrogens with zero attached hydrogens (tertiary/aromatic N) is 1. The summed E-state index contributed by atoms with van der Waals surface area (Å²) in [6.45, 7) is 2.05. The average Bonchev–Trinajstić information content (AvgIpc) is 2.82. The molecular formula is C16H12Br2N2O. The summed E-state index contributed by atoms with van der Waals surface area (Å²) in [5, 5.41) is 4.13. The molecule has 0 aliphatic rings. The van der Waals surface area contributed by atoms with Crippen molar-refractivity contribution in [2.45, 2.75) is 6.92 Å². The van der Waals surface area contributed by atoms with Gasteiger partial charge in [0.1, 0.15) is 5.69 Å². The summed E-state index contributed by atoms with van der Waals surface area (Å²) in [7, 11) is 0. The molecule has 0 saturated heterocycles. The minimum absolute atomic E-state index is 0.323. The Morgan fingerprint density at radius 1 is 1.05 bits per heavy atom. The van der Waals surface area contributed by atoms with E-state index >= 15 is 0 Å². The van der Waals surface area contributed by atoms with E-state index in [-0.39, 0.29) is 0 Å². The Bertz CT molecular complexity index is 795. The highest BCUT2D eigenvalue weighted by Crippen LogP contribution is 2.39. The number of nitrogens with two attached hydrogens (primary N) is 1. The van der Waals surface area contributed by atoms with Crippen LogP contribution in [0, 0.1) is 6.92 Å². The molecule has 106 valence electrons. The zero-order valence-electron chi connectivity index (χ0n) is 11.2. The molecule has 0 aliphatic heterocycles. The highest BCUT2D eigenvalue weighted by atomic mass is 79.9. The fourth-order valence-corrected chi connectivity index (χ4v) is 3.40. The standard InChI is InChI=1S/C16H12Br2N2O/c1-9-2-4-10(5-3-9)14-15(20-21-16(14)19)12-7-6-11(17)8-13(12)18/h2-8H,19H2,1H3. The topological polar surface area (TPSA) is 52.0 Å². The second-order valence-electron chi connectivity index (χ2n) is 4.76. The van der Waals surface area contributed by atoms with Crippen molar-refractivity contribution in [1.29, 1.82) is 0 Å². The van der Waals surface area contributed by atoms with Crippen LogP contribution in [0.2, 0.25) is 0 Å². The first-order valence-corrected chi connectivity index (χ1v) is 7.92. The number of nitrogen functional groups attached to an aromatic ring is 1. The number of hydrogen-bond acceptors (Lipinski definition) is 3. The lowest BCUT2D eigenvalue weighted by molar-refractivity contribution is 0.439. The van der Waals surface area contributed by atoms with Crippen molar-refractivity contribution in [3.8, 4) is 22.4 Å². The molecule has 3 rings (SSSR count). The Hall–Kier alpha value is -1.59. The van der Waals surface area contributed by atoms with E-state index in [0.29, 0.717) is 5.88 Å². The van der Waals surface area contributed by atoms with Crippen LogP contribution in [0.3, 0.4) is 0 Å². The average molecular weight is 408 g/mol. The van der Waals surface area contributed by atoms with Gasteiger partial charge in [-0.05, 0) is 24.6 Å². The molecular weight excluding hydrogens is 396 g/mol. The summed E-state index contributed by atoms with van der Waals surface area (Å²) in [5.41, 5.74) is 10.6. The molecule has 1 aromatic heterocycles. The molecule has 0 atom stereocenters. The molecule has 0 fully saturated rings. The van der Waals surface area contributed by atoms with E-state index in [1.807, 2.05) is 49.4 Å². The van der Waals surface area contributed by atoms with E-state index in [4.69, 9.17) is 10.3 Å². The third kappa shape index (κ3) is 2.76. The normalized spacial score (nSPS) is 10.8. The second-order valence-corrected chi connectivity index (χ2v) is 6.53. The van der Waals surface area contributed by atoms with Gasteiger partial charge >= 0.3 is 0 Å². The molecule has 0 amide bonds. The van der Waals surface area contributed by atoms with E-state index in [1.165, 1.54) is 5.56 Å². The highest BCUT2D eigenvalue weighted by Gasteiger charge is 2.19. The quantitative estimate of drug-likeness (QED) is 0.616. The van der Waals surface area contributed by atoms with E-state index < -0.39 is 0 Å². The van der Waals surface area contributed by atoms with Gasteiger partial charge in [0.2, 0.25) is 5.88 Å². The molecule has 0 spiro atoms. The van der Waals surface area contributed by atoms with Crippen LogP contribution in [0.25, 0.3) is 22.4 Å². The van der Waals surface area contributed by atoms with Crippen molar-refractivity contribution in [3.05, 3.63) is 57.0 Å². The smallest absolute Gasteiger partial charge is 0.230 e. The Morgan fingerprint density at radius 2 is 1.76 bits per heavy atom. The molecule has 0 radical (unpaired) electrons. The van der Waals surface area contributed by atoms with Crippen LogP contribution in [0.4, 0.5) is 5.88 Å². The van der Waals surface area contributed by atoms with Crippen molar-refractivity contribution in [2.24, 2.45) is 0 Å². The largest absolute Gasteiger partial charge is 0.367 e. The lowest BCUT2D eigenvalue weighted by Gasteiger charge is -2.06. The highest BCUT2D eigenvalue weighted by molar-refractivity contribution is 9.11. The zero-order valence-corrected chi connectivity index (χ0v) is 14.4. The number of benzene rings is 2. The second kappa shape index (κ2) is 5.66. The molecule has 2 N–H and O–H groups in total. The Balaban J connectivity index is 2.19. The summed E-state index contributed by atoms with van der Waals surface area (Å²) < 4.78 is 7.14. The van der Waals surface area contributed by atoms with Crippen LogP contribution in [0.1, 0.15) is 5.56 Å². The van der Waals surface area contributed by atoms with Crippen LogP contribution in [0.15, 0.2) is 55.9 Å².